The number of amides is 1. The Morgan fingerprint density at radius 1 is 1.13 bits per heavy atom. The number of nitrogens with one attached hydrogen (secondary N) is 1. The second-order valence-corrected chi connectivity index (χ2v) is 5.49. The van der Waals surface area contributed by atoms with Crippen LogP contribution in [0.5, 0.6) is 0 Å². The van der Waals surface area contributed by atoms with Crippen LogP contribution in [0.15, 0.2) is 54.6 Å². The van der Waals surface area contributed by atoms with Crippen molar-refractivity contribution in [3.63, 3.8) is 0 Å². The SMILES string of the molecule is CCc1ccccc1NC(=O)Cc1ccc2cc(N)ccc2n1. The minimum absolute atomic E-state index is 0.0619. The van der Waals surface area contributed by atoms with Gasteiger partial charge < -0.3 is 11.1 Å². The van der Waals surface area contributed by atoms with Gasteiger partial charge in [-0.3, -0.25) is 9.78 Å². The number of pyridine rings is 1. The molecule has 3 aromatic rings. The highest BCUT2D eigenvalue weighted by atomic mass is 16.1. The van der Waals surface area contributed by atoms with Gasteiger partial charge in [0.05, 0.1) is 17.6 Å². The minimum Gasteiger partial charge on any atom is -0.399 e. The molecule has 1 amide bonds. The molecule has 1 heterocycles. The fraction of sp³-hybridized carbons (Fsp3) is 0.158. The number of hydrogen-bond donors (Lipinski definition) is 2. The maximum atomic E-state index is 12.3. The van der Waals surface area contributed by atoms with Crippen molar-refractivity contribution < 1.29 is 4.79 Å². The number of carbonyl (C=O) groups excluding carboxylic acids is 1. The Morgan fingerprint density at radius 2 is 1.96 bits per heavy atom. The van der Waals surface area contributed by atoms with Gasteiger partial charge in [0.25, 0.3) is 0 Å². The van der Waals surface area contributed by atoms with Gasteiger partial charge >= 0.3 is 0 Å². The van der Waals surface area contributed by atoms with Crippen molar-refractivity contribution in [1.82, 2.24) is 4.98 Å². The number of anilines is 2. The van der Waals surface area contributed by atoms with Crippen LogP contribution >= 0.6 is 0 Å². The summed E-state index contributed by atoms with van der Waals surface area (Å²) in [6.45, 7) is 2.07. The van der Waals surface area contributed by atoms with Crippen molar-refractivity contribution >= 4 is 28.2 Å². The van der Waals surface area contributed by atoms with Crippen molar-refractivity contribution in [2.24, 2.45) is 0 Å². The van der Waals surface area contributed by atoms with Crippen LogP contribution in [0.1, 0.15) is 18.2 Å². The normalized spacial score (nSPS) is 10.7. The van der Waals surface area contributed by atoms with E-state index in [1.165, 1.54) is 0 Å². The Bertz CT molecular complexity index is 858. The summed E-state index contributed by atoms with van der Waals surface area (Å²) >= 11 is 0. The van der Waals surface area contributed by atoms with Crippen LogP contribution in [0, 0.1) is 0 Å². The van der Waals surface area contributed by atoms with Gasteiger partial charge in [0, 0.05) is 16.8 Å². The second-order valence-electron chi connectivity index (χ2n) is 5.49. The van der Waals surface area contributed by atoms with Crippen molar-refractivity contribution in [3.8, 4) is 0 Å². The third-order valence-corrected chi connectivity index (χ3v) is 3.78. The average Bonchev–Trinajstić information content (AvgIpc) is 2.55. The lowest BCUT2D eigenvalue weighted by molar-refractivity contribution is -0.115. The Hall–Kier alpha value is -2.88. The summed E-state index contributed by atoms with van der Waals surface area (Å²) in [5.41, 5.74) is 10.1. The van der Waals surface area contributed by atoms with E-state index < -0.39 is 0 Å². The number of benzene rings is 2. The number of nitrogens with zero attached hydrogens (tertiary/aromatic N) is 1. The maximum Gasteiger partial charge on any atom is 0.230 e. The lowest BCUT2D eigenvalue weighted by atomic mass is 10.1. The van der Waals surface area contributed by atoms with Crippen LogP contribution in [0.2, 0.25) is 0 Å². The fourth-order valence-electron chi connectivity index (χ4n) is 2.59. The quantitative estimate of drug-likeness (QED) is 0.724. The number of aryl methyl sites for hydroxylation is 1. The molecule has 0 unspecified atom stereocenters. The van der Waals surface area contributed by atoms with Gasteiger partial charge in [0.1, 0.15) is 0 Å². The standard InChI is InChI=1S/C19H19N3O/c1-2-13-5-3-4-6-17(13)22-19(23)12-16-9-7-14-11-15(20)8-10-18(14)21-16/h3-11H,2,12,20H2,1H3,(H,22,23). The van der Waals surface area contributed by atoms with Crippen LogP contribution in [0.25, 0.3) is 10.9 Å². The highest BCUT2D eigenvalue weighted by Gasteiger charge is 2.08. The van der Waals surface area contributed by atoms with E-state index in [0.29, 0.717) is 5.69 Å². The first-order chi connectivity index (χ1) is 11.2. The molecule has 0 aliphatic rings. The molecule has 0 saturated carbocycles. The molecule has 1 aromatic heterocycles. The smallest absolute Gasteiger partial charge is 0.230 e. The first-order valence-corrected chi connectivity index (χ1v) is 7.68. The van der Waals surface area contributed by atoms with Crippen LogP contribution < -0.4 is 11.1 Å². The van der Waals surface area contributed by atoms with E-state index in [1.54, 1.807) is 0 Å². The maximum absolute atomic E-state index is 12.3. The molecule has 3 rings (SSSR count). The van der Waals surface area contributed by atoms with Gasteiger partial charge in [-0.1, -0.05) is 31.2 Å². The summed E-state index contributed by atoms with van der Waals surface area (Å²) in [7, 11) is 0. The number of para-hydroxylation sites is 1. The molecule has 0 aliphatic heterocycles. The third-order valence-electron chi connectivity index (χ3n) is 3.78. The van der Waals surface area contributed by atoms with Crippen LogP contribution in [0.4, 0.5) is 11.4 Å². The molecule has 23 heavy (non-hydrogen) atoms. The lowest BCUT2D eigenvalue weighted by Gasteiger charge is -2.09. The number of rotatable bonds is 4. The van der Waals surface area contributed by atoms with E-state index in [2.05, 4.69) is 17.2 Å². The van der Waals surface area contributed by atoms with Crippen LogP contribution in [-0.4, -0.2) is 10.9 Å². The highest BCUT2D eigenvalue weighted by Crippen LogP contribution is 2.18. The largest absolute Gasteiger partial charge is 0.399 e. The van der Waals surface area contributed by atoms with E-state index in [9.17, 15) is 4.79 Å². The van der Waals surface area contributed by atoms with Gasteiger partial charge in [-0.05, 0) is 42.3 Å². The Balaban J connectivity index is 1.76. The number of hydrogen-bond acceptors (Lipinski definition) is 3. The molecular weight excluding hydrogens is 286 g/mol. The van der Waals surface area contributed by atoms with Gasteiger partial charge in [-0.2, -0.15) is 0 Å². The van der Waals surface area contributed by atoms with E-state index >= 15 is 0 Å². The molecule has 0 radical (unpaired) electrons. The van der Waals surface area contributed by atoms with Crippen LogP contribution in [-0.2, 0) is 17.6 Å². The molecular formula is C19H19N3O. The number of aromatic nitrogens is 1. The highest BCUT2D eigenvalue weighted by molar-refractivity contribution is 5.93. The fourth-order valence-corrected chi connectivity index (χ4v) is 2.59. The van der Waals surface area contributed by atoms with Gasteiger partial charge in [-0.25, -0.2) is 0 Å². The number of fused-ring (bicyclic) bond motifs is 1. The number of nitrogen functional groups attached to an aromatic ring is 1. The Labute approximate surface area is 135 Å². The Morgan fingerprint density at radius 3 is 2.78 bits per heavy atom. The van der Waals surface area contributed by atoms with E-state index in [4.69, 9.17) is 5.73 Å². The van der Waals surface area contributed by atoms with E-state index in [-0.39, 0.29) is 12.3 Å². The lowest BCUT2D eigenvalue weighted by Crippen LogP contribution is -2.16. The molecule has 4 heteroatoms. The van der Waals surface area contributed by atoms with Crippen molar-refractivity contribution in [3.05, 3.63) is 65.9 Å². The van der Waals surface area contributed by atoms with Gasteiger partial charge in [0.2, 0.25) is 5.91 Å². The molecule has 0 atom stereocenters. The van der Waals surface area contributed by atoms with Crippen molar-refractivity contribution in [1.29, 1.82) is 0 Å². The summed E-state index contributed by atoms with van der Waals surface area (Å²) in [6.07, 6.45) is 1.13. The zero-order chi connectivity index (χ0) is 16.2. The Kier molecular flexibility index (Phi) is 4.24. The van der Waals surface area contributed by atoms with Crippen molar-refractivity contribution in [2.45, 2.75) is 19.8 Å². The zero-order valence-corrected chi connectivity index (χ0v) is 13.0. The summed E-state index contributed by atoms with van der Waals surface area (Å²) in [6, 6.07) is 17.2. The monoisotopic (exact) mass is 305 g/mol. The summed E-state index contributed by atoms with van der Waals surface area (Å²) in [5.74, 6) is -0.0619. The predicted molar refractivity (Wildman–Crippen MR) is 94.3 cm³/mol. The molecule has 0 spiro atoms. The molecule has 0 bridgehead atoms. The molecule has 4 nitrogen and oxygen atoms in total. The zero-order valence-electron chi connectivity index (χ0n) is 13.0. The molecule has 3 N–H and O–H groups in total. The van der Waals surface area contributed by atoms with Crippen molar-refractivity contribution in [2.75, 3.05) is 11.1 Å². The first kappa shape index (κ1) is 15.0. The van der Waals surface area contributed by atoms with Crippen LogP contribution in [0.3, 0.4) is 0 Å². The first-order valence-electron chi connectivity index (χ1n) is 7.68. The molecule has 116 valence electrons. The summed E-state index contributed by atoms with van der Waals surface area (Å²) < 4.78 is 0. The topological polar surface area (TPSA) is 68.0 Å². The van der Waals surface area contributed by atoms with Gasteiger partial charge in [0.15, 0.2) is 0 Å². The molecule has 2 aromatic carbocycles. The number of carbonyl (C=O) groups is 1. The second kappa shape index (κ2) is 6.48. The predicted octanol–water partition coefficient (Wildman–Crippen LogP) is 3.56. The third kappa shape index (κ3) is 3.48. The van der Waals surface area contributed by atoms with E-state index in [0.717, 1.165) is 34.3 Å². The molecule has 0 saturated heterocycles. The molecule has 0 fully saturated rings. The number of nitrogens with two attached hydrogens (primary N) is 1. The van der Waals surface area contributed by atoms with Gasteiger partial charge in [-0.15, -0.1) is 0 Å². The minimum atomic E-state index is -0.0619. The molecule has 0 aliphatic carbocycles. The van der Waals surface area contributed by atoms with E-state index in [1.807, 2.05) is 54.6 Å². The average molecular weight is 305 g/mol. The summed E-state index contributed by atoms with van der Waals surface area (Å²) in [5, 5.41) is 3.95. The summed E-state index contributed by atoms with van der Waals surface area (Å²) in [4.78, 5) is 16.8.